The van der Waals surface area contributed by atoms with Crippen LogP contribution in [0.1, 0.15) is 88.1 Å². The van der Waals surface area contributed by atoms with Crippen LogP contribution in [0, 0.1) is 0 Å². The quantitative estimate of drug-likeness (QED) is 0.127. The van der Waals surface area contributed by atoms with Crippen molar-refractivity contribution in [3.05, 3.63) is 161 Å². The molecule has 0 fully saturated rings. The van der Waals surface area contributed by atoms with Gasteiger partial charge in [0.25, 0.3) is 0 Å². The van der Waals surface area contributed by atoms with E-state index in [1.54, 1.807) is 0 Å². The molecule has 1 nitrogen and oxygen atoms in total. The number of anilines is 3. The smallest absolute Gasteiger partial charge is 0.0465 e. The molecule has 2 aromatic heterocycles. The van der Waals surface area contributed by atoms with E-state index < -0.39 is 0 Å². The first-order valence-electron chi connectivity index (χ1n) is 19.3. The molecule has 2 aliphatic rings. The molecule has 0 radical (unpaired) electrons. The lowest BCUT2D eigenvalue weighted by Gasteiger charge is -2.30. The Hall–Kier alpha value is -4.70. The highest BCUT2D eigenvalue weighted by molar-refractivity contribution is 7.23. The number of thiophene rings is 2. The number of nitrogens with zero attached hydrogens (tertiary/aromatic N) is 1. The lowest BCUT2D eigenvalue weighted by atomic mass is 9.82. The minimum Gasteiger partial charge on any atom is -0.310 e. The lowest BCUT2D eigenvalue weighted by molar-refractivity contribution is 0.660. The van der Waals surface area contributed by atoms with Gasteiger partial charge >= 0.3 is 0 Å². The molecule has 7 aromatic rings. The third-order valence-corrected chi connectivity index (χ3v) is 14.2. The van der Waals surface area contributed by atoms with Gasteiger partial charge in [0, 0.05) is 42.5 Å². The van der Waals surface area contributed by atoms with Crippen LogP contribution < -0.4 is 4.90 Å². The van der Waals surface area contributed by atoms with Gasteiger partial charge in [0.1, 0.15) is 0 Å². The summed E-state index contributed by atoms with van der Waals surface area (Å²) in [5.41, 5.74) is 17.2. The summed E-state index contributed by atoms with van der Waals surface area (Å²) >= 11 is 3.79. The fraction of sp³-hybridized carbons (Fsp3) is 0.240. The van der Waals surface area contributed by atoms with Crippen LogP contribution in [-0.2, 0) is 17.3 Å². The summed E-state index contributed by atoms with van der Waals surface area (Å²) < 4.78 is 0. The van der Waals surface area contributed by atoms with Crippen molar-refractivity contribution in [1.29, 1.82) is 0 Å². The van der Waals surface area contributed by atoms with Gasteiger partial charge in [0.05, 0.1) is 0 Å². The number of aryl methyl sites for hydroxylation is 1. The predicted octanol–water partition coefficient (Wildman–Crippen LogP) is 15.3. The molecule has 0 saturated carbocycles. The van der Waals surface area contributed by atoms with Crippen molar-refractivity contribution in [1.82, 2.24) is 0 Å². The van der Waals surface area contributed by atoms with Crippen LogP contribution in [0.15, 0.2) is 133 Å². The second kappa shape index (κ2) is 13.3. The van der Waals surface area contributed by atoms with E-state index in [0.29, 0.717) is 0 Å². The molecule has 0 amide bonds. The SMILES string of the molecule is CCCCCCc1cc(-c2cccs2)sc1-c1ccc(N(c2ccc3c(c2)C(C)(C)c2ccccc2-3)c2ccc3c(c2)C(C)(C)c2ccccc2-3)cc1. The largest absolute Gasteiger partial charge is 0.310 e. The summed E-state index contributed by atoms with van der Waals surface area (Å²) in [5, 5.41) is 2.19. The van der Waals surface area contributed by atoms with E-state index in [4.69, 9.17) is 0 Å². The van der Waals surface area contributed by atoms with Gasteiger partial charge in [-0.05, 0) is 122 Å². The summed E-state index contributed by atoms with van der Waals surface area (Å²) in [6.07, 6.45) is 6.23. The molecule has 264 valence electrons. The van der Waals surface area contributed by atoms with E-state index in [2.05, 4.69) is 172 Å². The summed E-state index contributed by atoms with van der Waals surface area (Å²) in [4.78, 5) is 6.65. The van der Waals surface area contributed by atoms with Gasteiger partial charge in [-0.1, -0.05) is 133 Å². The monoisotopic (exact) mass is 725 g/mol. The Morgan fingerprint density at radius 1 is 0.509 bits per heavy atom. The highest BCUT2D eigenvalue weighted by atomic mass is 32.1. The van der Waals surface area contributed by atoms with E-state index in [1.807, 2.05) is 22.7 Å². The Labute approximate surface area is 323 Å². The van der Waals surface area contributed by atoms with E-state index in [1.165, 1.54) is 113 Å². The Balaban J connectivity index is 1.15. The zero-order valence-electron chi connectivity index (χ0n) is 31.5. The van der Waals surface area contributed by atoms with Crippen molar-refractivity contribution in [3.63, 3.8) is 0 Å². The first-order chi connectivity index (χ1) is 25.8. The predicted molar refractivity (Wildman–Crippen MR) is 231 cm³/mol. The maximum atomic E-state index is 2.49. The molecular formula is C50H47NS2. The lowest BCUT2D eigenvalue weighted by Crippen LogP contribution is -2.18. The average Bonchev–Trinajstić information content (AvgIpc) is 3.96. The molecule has 0 aliphatic heterocycles. The highest BCUT2D eigenvalue weighted by Gasteiger charge is 2.37. The molecule has 53 heavy (non-hydrogen) atoms. The third-order valence-electron chi connectivity index (χ3n) is 11.9. The minimum atomic E-state index is -0.0774. The van der Waals surface area contributed by atoms with Crippen molar-refractivity contribution >= 4 is 39.7 Å². The zero-order chi connectivity index (χ0) is 36.3. The van der Waals surface area contributed by atoms with Crippen LogP contribution in [0.5, 0.6) is 0 Å². The van der Waals surface area contributed by atoms with E-state index >= 15 is 0 Å². The number of benzene rings is 5. The van der Waals surface area contributed by atoms with Crippen LogP contribution in [0.3, 0.4) is 0 Å². The maximum Gasteiger partial charge on any atom is 0.0465 e. The Kier molecular flexibility index (Phi) is 8.56. The normalized spacial score (nSPS) is 14.4. The number of unbranched alkanes of at least 4 members (excludes halogenated alkanes) is 3. The van der Waals surface area contributed by atoms with Crippen LogP contribution >= 0.6 is 22.7 Å². The molecule has 2 aliphatic carbocycles. The number of rotatable bonds is 10. The van der Waals surface area contributed by atoms with Crippen LogP contribution in [-0.4, -0.2) is 0 Å². The Bertz CT molecular complexity index is 2330. The van der Waals surface area contributed by atoms with Gasteiger partial charge in [-0.25, -0.2) is 0 Å². The topological polar surface area (TPSA) is 3.24 Å². The van der Waals surface area contributed by atoms with Gasteiger partial charge in [-0.3, -0.25) is 0 Å². The molecule has 3 heteroatoms. The van der Waals surface area contributed by atoms with Gasteiger partial charge in [0.2, 0.25) is 0 Å². The van der Waals surface area contributed by atoms with Gasteiger partial charge in [-0.2, -0.15) is 0 Å². The van der Waals surface area contributed by atoms with Crippen molar-refractivity contribution < 1.29 is 0 Å². The Morgan fingerprint density at radius 2 is 1.08 bits per heavy atom. The van der Waals surface area contributed by atoms with E-state index in [9.17, 15) is 0 Å². The minimum absolute atomic E-state index is 0.0774. The molecule has 9 rings (SSSR count). The summed E-state index contributed by atoms with van der Waals surface area (Å²) in [7, 11) is 0. The summed E-state index contributed by atoms with van der Waals surface area (Å²) in [6.45, 7) is 11.8. The maximum absolute atomic E-state index is 2.49. The van der Waals surface area contributed by atoms with Gasteiger partial charge < -0.3 is 4.90 Å². The number of fused-ring (bicyclic) bond motifs is 6. The molecule has 0 bridgehead atoms. The van der Waals surface area contributed by atoms with Crippen LogP contribution in [0.2, 0.25) is 0 Å². The van der Waals surface area contributed by atoms with Crippen molar-refractivity contribution in [2.45, 2.75) is 77.6 Å². The fourth-order valence-corrected chi connectivity index (χ4v) is 11.1. The molecule has 5 aromatic carbocycles. The summed E-state index contributed by atoms with van der Waals surface area (Å²) in [6, 6.07) is 48.5. The molecule has 0 spiro atoms. The number of hydrogen-bond donors (Lipinski definition) is 0. The third kappa shape index (κ3) is 5.72. The van der Waals surface area contributed by atoms with Crippen molar-refractivity contribution in [2.24, 2.45) is 0 Å². The molecule has 0 N–H and O–H groups in total. The summed E-state index contributed by atoms with van der Waals surface area (Å²) in [5.74, 6) is 0. The standard InChI is InChI=1S/C50H47NS2/c1-6-7-8-9-15-34-30-47(46-20-14-29-52-46)53-48(34)33-21-23-35(24-22-33)51(36-25-27-40-38-16-10-12-18-42(38)49(2,3)44(40)31-36)37-26-28-41-39-17-11-13-19-43(39)50(4,5)45(41)32-37/h10-14,16-32H,6-9,15H2,1-5H3. The fourth-order valence-electron chi connectivity index (χ4n) is 9.01. The zero-order valence-corrected chi connectivity index (χ0v) is 33.1. The number of hydrogen-bond acceptors (Lipinski definition) is 3. The van der Waals surface area contributed by atoms with Crippen LogP contribution in [0.25, 0.3) is 42.4 Å². The first-order valence-corrected chi connectivity index (χ1v) is 21.0. The molecule has 2 heterocycles. The van der Waals surface area contributed by atoms with Crippen LogP contribution in [0.4, 0.5) is 17.1 Å². The van der Waals surface area contributed by atoms with Gasteiger partial charge in [0.15, 0.2) is 0 Å². The molecule has 0 atom stereocenters. The molecular weight excluding hydrogens is 679 g/mol. The highest BCUT2D eigenvalue weighted by Crippen LogP contribution is 2.53. The van der Waals surface area contributed by atoms with Gasteiger partial charge in [-0.15, -0.1) is 22.7 Å². The van der Waals surface area contributed by atoms with Crippen molar-refractivity contribution in [2.75, 3.05) is 4.90 Å². The first kappa shape index (κ1) is 34.1. The molecule has 0 saturated heterocycles. The molecule has 0 unspecified atom stereocenters. The van der Waals surface area contributed by atoms with E-state index in [-0.39, 0.29) is 10.8 Å². The Morgan fingerprint density at radius 3 is 1.64 bits per heavy atom. The van der Waals surface area contributed by atoms with E-state index in [0.717, 1.165) is 6.42 Å². The second-order valence-electron chi connectivity index (χ2n) is 15.9. The van der Waals surface area contributed by atoms with Crippen molar-refractivity contribution in [3.8, 4) is 42.4 Å². The average molecular weight is 726 g/mol. The second-order valence-corrected chi connectivity index (χ2v) is 17.9.